The number of nitrogen functional groups attached to an aromatic ring is 1. The molecule has 1 fully saturated rings. The Balaban J connectivity index is 1.61. The zero-order chi connectivity index (χ0) is 14.7. The Bertz CT molecular complexity index is 613. The van der Waals surface area contributed by atoms with Crippen molar-refractivity contribution in [2.24, 2.45) is 0 Å². The number of hydrogen-bond donors (Lipinski definition) is 2. The molecular weight excluding hydrogens is 266 g/mol. The third kappa shape index (κ3) is 3.39. The Labute approximate surface area is 123 Å². The van der Waals surface area contributed by atoms with Crippen LogP contribution in [0.15, 0.2) is 30.7 Å². The molecule has 3 N–H and O–H groups in total. The van der Waals surface area contributed by atoms with E-state index in [0.717, 1.165) is 25.0 Å². The summed E-state index contributed by atoms with van der Waals surface area (Å²) in [6.45, 7) is 2.76. The minimum absolute atomic E-state index is 0.103. The molecule has 0 unspecified atom stereocenters. The molecule has 0 aliphatic heterocycles. The lowest BCUT2D eigenvalue weighted by Crippen LogP contribution is -2.16. The van der Waals surface area contributed by atoms with Gasteiger partial charge in [-0.2, -0.15) is 4.98 Å². The van der Waals surface area contributed by atoms with E-state index in [1.165, 1.54) is 6.33 Å². The summed E-state index contributed by atoms with van der Waals surface area (Å²) in [5.74, 6) is 1.07. The highest BCUT2D eigenvalue weighted by atomic mass is 16.5. The molecule has 6 heteroatoms. The van der Waals surface area contributed by atoms with E-state index in [1.54, 1.807) is 6.20 Å². The summed E-state index contributed by atoms with van der Waals surface area (Å²) in [6, 6.07) is 5.87. The highest BCUT2D eigenvalue weighted by Gasteiger charge is 2.41. The van der Waals surface area contributed by atoms with Gasteiger partial charge in [0.2, 0.25) is 5.88 Å². The van der Waals surface area contributed by atoms with Crippen LogP contribution in [0.3, 0.4) is 0 Å². The molecule has 2 heterocycles. The zero-order valence-electron chi connectivity index (χ0n) is 12.0. The van der Waals surface area contributed by atoms with Gasteiger partial charge in [0.05, 0.1) is 0 Å². The number of aromatic nitrogens is 3. The van der Waals surface area contributed by atoms with E-state index >= 15 is 0 Å². The van der Waals surface area contributed by atoms with Gasteiger partial charge in [0.15, 0.2) is 5.82 Å². The molecule has 2 aromatic rings. The van der Waals surface area contributed by atoms with Crippen LogP contribution >= 0.6 is 0 Å². The maximum atomic E-state index is 6.07. The number of nitrogens with one attached hydrogen (secondary N) is 1. The van der Waals surface area contributed by atoms with E-state index < -0.39 is 0 Å². The van der Waals surface area contributed by atoms with Crippen molar-refractivity contribution in [3.8, 4) is 5.88 Å². The molecular formula is C15H19N5O. The normalized spacial score (nSPS) is 15.5. The smallest absolute Gasteiger partial charge is 0.243 e. The fourth-order valence-corrected chi connectivity index (χ4v) is 1.97. The molecule has 0 amide bonds. The van der Waals surface area contributed by atoms with Crippen LogP contribution in [0.5, 0.6) is 5.88 Å². The van der Waals surface area contributed by atoms with Crippen molar-refractivity contribution >= 4 is 11.5 Å². The monoisotopic (exact) mass is 285 g/mol. The second kappa shape index (κ2) is 5.55. The summed E-state index contributed by atoms with van der Waals surface area (Å²) in [4.78, 5) is 12.6. The van der Waals surface area contributed by atoms with E-state index in [1.807, 2.05) is 18.2 Å². The zero-order valence-corrected chi connectivity index (χ0v) is 12.0. The molecule has 0 spiro atoms. The molecule has 0 atom stereocenters. The second-order valence-electron chi connectivity index (χ2n) is 5.49. The average Bonchev–Trinajstić information content (AvgIpc) is 3.22. The van der Waals surface area contributed by atoms with Gasteiger partial charge in [-0.3, -0.25) is 4.98 Å². The van der Waals surface area contributed by atoms with Crippen molar-refractivity contribution in [3.05, 3.63) is 36.4 Å². The summed E-state index contributed by atoms with van der Waals surface area (Å²) in [5, 5.41) is 3.21. The Morgan fingerprint density at radius 2 is 2.14 bits per heavy atom. The van der Waals surface area contributed by atoms with Crippen molar-refractivity contribution in [1.82, 2.24) is 15.0 Å². The van der Waals surface area contributed by atoms with Gasteiger partial charge in [-0.15, -0.1) is 0 Å². The van der Waals surface area contributed by atoms with Crippen LogP contribution < -0.4 is 15.8 Å². The first kappa shape index (κ1) is 13.6. The predicted molar refractivity (Wildman–Crippen MR) is 81.1 cm³/mol. The first-order chi connectivity index (χ1) is 10.2. The van der Waals surface area contributed by atoms with Crippen LogP contribution in [-0.2, 0) is 6.42 Å². The Kier molecular flexibility index (Phi) is 3.60. The molecule has 6 nitrogen and oxygen atoms in total. The number of nitrogens with two attached hydrogens (primary N) is 1. The molecule has 110 valence electrons. The molecule has 1 aliphatic rings. The minimum atomic E-state index is -0.103. The Morgan fingerprint density at radius 3 is 2.86 bits per heavy atom. The summed E-state index contributed by atoms with van der Waals surface area (Å²) in [6.07, 6.45) is 6.15. The molecule has 1 aliphatic carbocycles. The van der Waals surface area contributed by atoms with E-state index in [0.29, 0.717) is 23.9 Å². The maximum Gasteiger partial charge on any atom is 0.243 e. The number of nitrogens with zero attached hydrogens (tertiary/aromatic N) is 3. The van der Waals surface area contributed by atoms with Crippen LogP contribution in [0.25, 0.3) is 0 Å². The summed E-state index contributed by atoms with van der Waals surface area (Å²) < 4.78 is 5.82. The number of pyridine rings is 1. The van der Waals surface area contributed by atoms with Gasteiger partial charge < -0.3 is 15.8 Å². The van der Waals surface area contributed by atoms with Crippen molar-refractivity contribution in [2.75, 3.05) is 17.6 Å². The molecule has 21 heavy (non-hydrogen) atoms. The maximum absolute atomic E-state index is 6.07. The van der Waals surface area contributed by atoms with Crippen LogP contribution in [0.1, 0.15) is 25.5 Å². The van der Waals surface area contributed by atoms with Crippen molar-refractivity contribution in [2.45, 2.75) is 31.8 Å². The van der Waals surface area contributed by atoms with Crippen LogP contribution in [-0.4, -0.2) is 27.1 Å². The molecule has 0 saturated heterocycles. The van der Waals surface area contributed by atoms with Gasteiger partial charge >= 0.3 is 0 Å². The largest absolute Gasteiger partial charge is 0.470 e. The fourth-order valence-electron chi connectivity index (χ4n) is 1.97. The van der Waals surface area contributed by atoms with E-state index in [-0.39, 0.29) is 5.60 Å². The van der Waals surface area contributed by atoms with E-state index in [9.17, 15) is 0 Å². The molecule has 2 aromatic heterocycles. The Morgan fingerprint density at radius 1 is 1.29 bits per heavy atom. The van der Waals surface area contributed by atoms with E-state index in [4.69, 9.17) is 10.5 Å². The highest BCUT2D eigenvalue weighted by Crippen LogP contribution is 2.41. The molecule has 0 bridgehead atoms. The van der Waals surface area contributed by atoms with Crippen LogP contribution in [0.4, 0.5) is 11.5 Å². The molecule has 0 aromatic carbocycles. The lowest BCUT2D eigenvalue weighted by molar-refractivity contribution is 0.193. The van der Waals surface area contributed by atoms with Gasteiger partial charge in [-0.05, 0) is 31.9 Å². The van der Waals surface area contributed by atoms with Gasteiger partial charge in [0, 0.05) is 24.9 Å². The van der Waals surface area contributed by atoms with Crippen LogP contribution in [0, 0.1) is 0 Å². The summed E-state index contributed by atoms with van der Waals surface area (Å²) >= 11 is 0. The summed E-state index contributed by atoms with van der Waals surface area (Å²) in [7, 11) is 0. The van der Waals surface area contributed by atoms with Gasteiger partial charge in [-0.25, -0.2) is 4.98 Å². The minimum Gasteiger partial charge on any atom is -0.470 e. The van der Waals surface area contributed by atoms with Crippen molar-refractivity contribution in [3.63, 3.8) is 0 Å². The molecule has 1 saturated carbocycles. The predicted octanol–water partition coefficient (Wildman–Crippen LogP) is 2.04. The number of anilines is 2. The third-order valence-corrected chi connectivity index (χ3v) is 3.54. The summed E-state index contributed by atoms with van der Waals surface area (Å²) in [5.41, 5.74) is 7.46. The first-order valence-electron chi connectivity index (χ1n) is 7.10. The topological polar surface area (TPSA) is 86.0 Å². The van der Waals surface area contributed by atoms with Gasteiger partial charge in [0.25, 0.3) is 0 Å². The van der Waals surface area contributed by atoms with Gasteiger partial charge in [-0.1, -0.05) is 6.07 Å². The number of ether oxygens (including phenoxy) is 1. The van der Waals surface area contributed by atoms with Crippen LogP contribution in [0.2, 0.25) is 0 Å². The molecule has 3 rings (SSSR count). The van der Waals surface area contributed by atoms with Crippen molar-refractivity contribution in [1.29, 1.82) is 0 Å². The quantitative estimate of drug-likeness (QED) is 0.844. The lowest BCUT2D eigenvalue weighted by Gasteiger charge is -2.15. The van der Waals surface area contributed by atoms with Crippen molar-refractivity contribution < 1.29 is 4.74 Å². The fraction of sp³-hybridized carbons (Fsp3) is 0.400. The molecule has 0 radical (unpaired) electrons. The Hall–Kier alpha value is -2.37. The number of hydrogen-bond acceptors (Lipinski definition) is 6. The first-order valence-corrected chi connectivity index (χ1v) is 7.10. The number of rotatable bonds is 6. The standard InChI is InChI=1S/C15H19N5O/c1-15(6-7-15)21-14-12(16)13(19-10-20-14)18-9-5-11-4-2-3-8-17-11/h2-4,8,10H,5-7,9,16H2,1H3,(H,18,19,20). The lowest BCUT2D eigenvalue weighted by atomic mass is 10.3. The third-order valence-electron chi connectivity index (χ3n) is 3.54. The second-order valence-corrected chi connectivity index (χ2v) is 5.49. The SMILES string of the molecule is CC1(Oc2ncnc(NCCc3ccccn3)c2N)CC1. The van der Waals surface area contributed by atoms with Gasteiger partial charge in [0.1, 0.15) is 17.6 Å². The average molecular weight is 285 g/mol. The highest BCUT2D eigenvalue weighted by molar-refractivity contribution is 5.66. The van der Waals surface area contributed by atoms with E-state index in [2.05, 4.69) is 27.2 Å².